The first-order valence-corrected chi connectivity index (χ1v) is 9.91. The lowest BCUT2D eigenvalue weighted by atomic mass is 10.2. The summed E-state index contributed by atoms with van der Waals surface area (Å²) in [7, 11) is 0. The number of nitrogens with one attached hydrogen (secondary N) is 1. The predicted octanol–water partition coefficient (Wildman–Crippen LogP) is 6.86. The highest BCUT2D eigenvalue weighted by atomic mass is 35.5. The summed E-state index contributed by atoms with van der Waals surface area (Å²) in [4.78, 5) is 3.74. The molecule has 0 saturated heterocycles. The molecule has 1 N–H and O–H groups in total. The minimum atomic E-state index is -4.43. The second-order valence-corrected chi connectivity index (χ2v) is 7.61. The maximum absolute atomic E-state index is 12.6. The van der Waals surface area contributed by atoms with E-state index in [0.29, 0.717) is 16.6 Å². The van der Waals surface area contributed by atoms with Crippen LogP contribution in [0.4, 0.5) is 19.0 Å². The number of aromatic nitrogens is 2. The van der Waals surface area contributed by atoms with Gasteiger partial charge in [0, 0.05) is 45.5 Å². The van der Waals surface area contributed by atoms with E-state index < -0.39 is 11.7 Å². The summed E-state index contributed by atoms with van der Waals surface area (Å²) >= 11 is 12.3. The molecule has 31 heavy (non-hydrogen) atoms. The topological polar surface area (TPSA) is 42.2 Å². The largest absolute Gasteiger partial charge is 0.417 e. The van der Waals surface area contributed by atoms with E-state index in [4.69, 9.17) is 23.2 Å². The molecule has 0 radical (unpaired) electrons. The van der Waals surface area contributed by atoms with Crippen molar-refractivity contribution in [3.8, 4) is 0 Å². The summed E-state index contributed by atoms with van der Waals surface area (Å²) < 4.78 is 40.0. The summed E-state index contributed by atoms with van der Waals surface area (Å²) in [5.74, 6) is 0.209. The van der Waals surface area contributed by atoms with Gasteiger partial charge < -0.3 is 4.57 Å². The Labute approximate surface area is 185 Å². The van der Waals surface area contributed by atoms with Crippen molar-refractivity contribution in [2.75, 3.05) is 5.43 Å². The number of nitrogens with zero attached hydrogens (tertiary/aromatic N) is 3. The lowest BCUT2D eigenvalue weighted by Crippen LogP contribution is -2.05. The Kier molecular flexibility index (Phi) is 5.89. The summed E-state index contributed by atoms with van der Waals surface area (Å²) in [5.41, 5.74) is 4.58. The average Bonchev–Trinajstić information content (AvgIpc) is 3.08. The number of alkyl halides is 3. The Morgan fingerprint density at radius 1 is 1.06 bits per heavy atom. The average molecular weight is 463 g/mol. The van der Waals surface area contributed by atoms with Gasteiger partial charge in [0.2, 0.25) is 0 Å². The zero-order valence-electron chi connectivity index (χ0n) is 15.9. The number of anilines is 1. The van der Waals surface area contributed by atoms with Crippen LogP contribution in [-0.4, -0.2) is 15.8 Å². The molecule has 4 aromatic rings. The smallest absolute Gasteiger partial charge is 0.342 e. The highest BCUT2D eigenvalue weighted by Gasteiger charge is 2.30. The van der Waals surface area contributed by atoms with Crippen LogP contribution in [0, 0.1) is 0 Å². The SMILES string of the molecule is FC(F)(F)c1ccc(N/N=C\c2cn(Cc3ccc(Cl)cc3Cl)c3ccccc23)nc1. The zero-order valence-corrected chi connectivity index (χ0v) is 17.4. The number of pyridine rings is 1. The molecule has 0 atom stereocenters. The molecule has 4 rings (SSSR count). The Hall–Kier alpha value is -3.03. The number of halogens is 5. The molecule has 0 aliphatic carbocycles. The van der Waals surface area contributed by atoms with E-state index in [0.717, 1.165) is 34.3 Å². The molecular weight excluding hydrogens is 448 g/mol. The number of hydrazone groups is 1. The summed E-state index contributed by atoms with van der Waals surface area (Å²) in [5, 5.41) is 6.25. The van der Waals surface area contributed by atoms with Gasteiger partial charge in [-0.15, -0.1) is 0 Å². The molecule has 0 saturated carbocycles. The van der Waals surface area contributed by atoms with Crippen molar-refractivity contribution in [1.82, 2.24) is 9.55 Å². The van der Waals surface area contributed by atoms with E-state index in [1.54, 1.807) is 18.3 Å². The quantitative estimate of drug-likeness (QED) is 0.260. The molecule has 2 heterocycles. The standard InChI is InChI=1S/C22H15Cl2F3N4/c23-17-7-5-14(19(24)9-17)12-31-13-15(18-3-1-2-4-20(18)31)10-29-30-21-8-6-16(11-28-21)22(25,26)27/h1-11,13H,12H2,(H,28,30)/b29-10-. The van der Waals surface area contributed by atoms with Crippen LogP contribution in [-0.2, 0) is 12.7 Å². The molecule has 9 heteroatoms. The molecule has 0 fully saturated rings. The molecule has 0 aliphatic rings. The van der Waals surface area contributed by atoms with Gasteiger partial charge in [-0.05, 0) is 35.9 Å². The molecule has 0 bridgehead atoms. The molecule has 0 spiro atoms. The zero-order chi connectivity index (χ0) is 22.0. The Balaban J connectivity index is 1.57. The number of hydrogen-bond acceptors (Lipinski definition) is 3. The van der Waals surface area contributed by atoms with Gasteiger partial charge in [-0.1, -0.05) is 47.5 Å². The number of fused-ring (bicyclic) bond motifs is 1. The van der Waals surface area contributed by atoms with Crippen LogP contribution >= 0.6 is 23.2 Å². The van der Waals surface area contributed by atoms with E-state index in [2.05, 4.69) is 15.5 Å². The molecule has 4 nitrogen and oxygen atoms in total. The molecule has 2 aromatic heterocycles. The van der Waals surface area contributed by atoms with Gasteiger partial charge in [-0.2, -0.15) is 18.3 Å². The molecule has 0 amide bonds. The first-order chi connectivity index (χ1) is 14.8. The van der Waals surface area contributed by atoms with Crippen molar-refractivity contribution in [2.24, 2.45) is 5.10 Å². The van der Waals surface area contributed by atoms with Gasteiger partial charge in [0.25, 0.3) is 0 Å². The first-order valence-electron chi connectivity index (χ1n) is 9.15. The van der Waals surface area contributed by atoms with E-state index in [1.165, 1.54) is 6.07 Å². The molecule has 158 valence electrons. The van der Waals surface area contributed by atoms with Crippen LogP contribution in [0.2, 0.25) is 10.0 Å². The number of hydrogen-bond donors (Lipinski definition) is 1. The number of rotatable bonds is 5. The normalized spacial score (nSPS) is 12.0. The van der Waals surface area contributed by atoms with Crippen molar-refractivity contribution >= 4 is 46.1 Å². The van der Waals surface area contributed by atoms with Crippen LogP contribution in [0.5, 0.6) is 0 Å². The van der Waals surface area contributed by atoms with Gasteiger partial charge in [0.1, 0.15) is 5.82 Å². The third-order valence-corrected chi connectivity index (χ3v) is 5.24. The lowest BCUT2D eigenvalue weighted by molar-refractivity contribution is -0.137. The third kappa shape index (κ3) is 4.84. The van der Waals surface area contributed by atoms with E-state index in [9.17, 15) is 13.2 Å². The van der Waals surface area contributed by atoms with Gasteiger partial charge in [-0.3, -0.25) is 5.43 Å². The monoisotopic (exact) mass is 462 g/mol. The van der Waals surface area contributed by atoms with E-state index >= 15 is 0 Å². The van der Waals surface area contributed by atoms with Crippen molar-refractivity contribution in [1.29, 1.82) is 0 Å². The maximum Gasteiger partial charge on any atom is 0.417 e. The fourth-order valence-corrected chi connectivity index (χ4v) is 3.61. The van der Waals surface area contributed by atoms with Crippen molar-refractivity contribution in [2.45, 2.75) is 12.7 Å². The second kappa shape index (κ2) is 8.61. The fraction of sp³-hybridized carbons (Fsp3) is 0.0909. The summed E-state index contributed by atoms with van der Waals surface area (Å²) in [6, 6.07) is 15.4. The van der Waals surface area contributed by atoms with Crippen molar-refractivity contribution in [3.63, 3.8) is 0 Å². The minimum absolute atomic E-state index is 0.209. The molecular formula is C22H15Cl2F3N4. The Morgan fingerprint density at radius 3 is 2.58 bits per heavy atom. The van der Waals surface area contributed by atoms with E-state index in [-0.39, 0.29) is 5.82 Å². The maximum atomic E-state index is 12.6. The summed E-state index contributed by atoms with van der Waals surface area (Å²) in [6.45, 7) is 0.540. The Morgan fingerprint density at radius 2 is 1.87 bits per heavy atom. The Bertz CT molecular complexity index is 1250. The highest BCUT2D eigenvalue weighted by molar-refractivity contribution is 6.35. The van der Waals surface area contributed by atoms with Crippen LogP contribution in [0.15, 0.2) is 72.1 Å². The summed E-state index contributed by atoms with van der Waals surface area (Å²) in [6.07, 6.45) is -0.133. The van der Waals surface area contributed by atoms with Crippen LogP contribution in [0.3, 0.4) is 0 Å². The molecule has 2 aromatic carbocycles. The molecule has 0 unspecified atom stereocenters. The van der Waals surface area contributed by atoms with Crippen LogP contribution < -0.4 is 5.43 Å². The number of para-hydroxylation sites is 1. The third-order valence-electron chi connectivity index (χ3n) is 4.65. The lowest BCUT2D eigenvalue weighted by Gasteiger charge is -2.08. The van der Waals surface area contributed by atoms with Gasteiger partial charge in [-0.25, -0.2) is 4.98 Å². The van der Waals surface area contributed by atoms with Crippen molar-refractivity contribution in [3.05, 3.63) is 93.7 Å². The van der Waals surface area contributed by atoms with Gasteiger partial charge >= 0.3 is 6.18 Å². The second-order valence-electron chi connectivity index (χ2n) is 6.77. The number of benzene rings is 2. The predicted molar refractivity (Wildman–Crippen MR) is 118 cm³/mol. The van der Waals surface area contributed by atoms with Gasteiger partial charge in [0.05, 0.1) is 11.8 Å². The minimum Gasteiger partial charge on any atom is -0.342 e. The van der Waals surface area contributed by atoms with Crippen LogP contribution in [0.25, 0.3) is 10.9 Å². The van der Waals surface area contributed by atoms with Gasteiger partial charge in [0.15, 0.2) is 0 Å². The van der Waals surface area contributed by atoms with E-state index in [1.807, 2.05) is 41.1 Å². The van der Waals surface area contributed by atoms with Crippen molar-refractivity contribution < 1.29 is 13.2 Å². The van der Waals surface area contributed by atoms with Crippen LogP contribution in [0.1, 0.15) is 16.7 Å². The first kappa shape index (κ1) is 21.2. The molecule has 0 aliphatic heterocycles. The fourth-order valence-electron chi connectivity index (χ4n) is 3.14. The highest BCUT2D eigenvalue weighted by Crippen LogP contribution is 2.29.